The first kappa shape index (κ1) is 13.3. The second-order valence-corrected chi connectivity index (χ2v) is 4.81. The first-order valence-electron chi connectivity index (χ1n) is 5.20. The molecule has 88 valence electrons. The summed E-state index contributed by atoms with van der Waals surface area (Å²) in [6.45, 7) is 5.79. The number of ether oxygens (including phenoxy) is 1. The highest BCUT2D eigenvalue weighted by Crippen LogP contribution is 2.31. The van der Waals surface area contributed by atoms with Crippen LogP contribution < -0.4 is 4.74 Å². The Kier molecular flexibility index (Phi) is 5.03. The molecule has 0 aliphatic rings. The van der Waals surface area contributed by atoms with Crippen LogP contribution in [-0.2, 0) is 0 Å². The lowest BCUT2D eigenvalue weighted by molar-refractivity contribution is 0.163. The molecule has 0 aliphatic carbocycles. The average Bonchev–Trinajstić information content (AvgIpc) is 2.25. The number of benzene rings is 1. The van der Waals surface area contributed by atoms with Gasteiger partial charge >= 0.3 is 0 Å². The van der Waals surface area contributed by atoms with E-state index in [2.05, 4.69) is 22.5 Å². The molecule has 0 saturated carbocycles. The minimum Gasteiger partial charge on any atom is -0.496 e. The van der Waals surface area contributed by atoms with Crippen LogP contribution in [0.5, 0.6) is 5.75 Å². The molecular formula is C13H17BrO2. The number of rotatable bonds is 5. The van der Waals surface area contributed by atoms with E-state index in [1.165, 1.54) is 0 Å². The smallest absolute Gasteiger partial charge is 0.125 e. The molecule has 1 aromatic carbocycles. The van der Waals surface area contributed by atoms with Crippen molar-refractivity contribution < 1.29 is 9.84 Å². The predicted molar refractivity (Wildman–Crippen MR) is 69.7 cm³/mol. The van der Waals surface area contributed by atoms with E-state index in [1.54, 1.807) is 7.11 Å². The molecule has 2 nitrogen and oxygen atoms in total. The number of hydrogen-bond acceptors (Lipinski definition) is 2. The molecule has 1 aromatic rings. The molecule has 1 unspecified atom stereocenters. The maximum absolute atomic E-state index is 10.0. The van der Waals surface area contributed by atoms with E-state index in [0.29, 0.717) is 12.2 Å². The SMILES string of the molecule is C=C(C)CCC(O)c1ccc(Br)cc1OC. The van der Waals surface area contributed by atoms with E-state index in [0.717, 1.165) is 22.0 Å². The Morgan fingerprint density at radius 1 is 1.56 bits per heavy atom. The highest BCUT2D eigenvalue weighted by atomic mass is 79.9. The summed E-state index contributed by atoms with van der Waals surface area (Å²) in [6.07, 6.45) is 0.994. The first-order valence-corrected chi connectivity index (χ1v) is 5.99. The van der Waals surface area contributed by atoms with Crippen molar-refractivity contribution in [3.8, 4) is 5.75 Å². The van der Waals surface area contributed by atoms with Crippen LogP contribution in [0.1, 0.15) is 31.4 Å². The van der Waals surface area contributed by atoms with Gasteiger partial charge in [0.2, 0.25) is 0 Å². The summed E-state index contributed by atoms with van der Waals surface area (Å²) in [6, 6.07) is 5.65. The fraction of sp³-hybridized carbons (Fsp3) is 0.385. The van der Waals surface area contributed by atoms with Crippen molar-refractivity contribution in [3.63, 3.8) is 0 Å². The number of halogens is 1. The number of methoxy groups -OCH3 is 1. The number of aliphatic hydroxyl groups is 1. The molecule has 0 aromatic heterocycles. The molecule has 3 heteroatoms. The largest absolute Gasteiger partial charge is 0.496 e. The quantitative estimate of drug-likeness (QED) is 0.833. The Morgan fingerprint density at radius 3 is 2.81 bits per heavy atom. The number of allylic oxidation sites excluding steroid dienone is 1. The highest BCUT2D eigenvalue weighted by molar-refractivity contribution is 9.10. The van der Waals surface area contributed by atoms with Gasteiger partial charge in [-0.3, -0.25) is 0 Å². The maximum Gasteiger partial charge on any atom is 0.125 e. The third kappa shape index (κ3) is 3.65. The summed E-state index contributed by atoms with van der Waals surface area (Å²) in [5, 5.41) is 10.0. The fourth-order valence-electron chi connectivity index (χ4n) is 1.50. The Hall–Kier alpha value is -0.800. The van der Waals surface area contributed by atoms with E-state index in [4.69, 9.17) is 4.74 Å². The molecule has 16 heavy (non-hydrogen) atoms. The van der Waals surface area contributed by atoms with Crippen LogP contribution in [0.15, 0.2) is 34.8 Å². The Balaban J connectivity index is 2.81. The lowest BCUT2D eigenvalue weighted by Gasteiger charge is -2.15. The molecule has 0 bridgehead atoms. The second kappa shape index (κ2) is 6.06. The van der Waals surface area contributed by atoms with Crippen molar-refractivity contribution in [2.24, 2.45) is 0 Å². The standard InChI is InChI=1S/C13H17BrO2/c1-9(2)4-7-12(15)11-6-5-10(14)8-13(11)16-3/h5-6,8,12,15H,1,4,7H2,2-3H3. The molecule has 1 N–H and O–H groups in total. The Labute approximate surface area is 105 Å². The fourth-order valence-corrected chi connectivity index (χ4v) is 1.84. The van der Waals surface area contributed by atoms with Gasteiger partial charge in [-0.15, -0.1) is 6.58 Å². The van der Waals surface area contributed by atoms with Gasteiger partial charge in [0.1, 0.15) is 5.75 Å². The molecule has 1 rings (SSSR count). The lowest BCUT2D eigenvalue weighted by Crippen LogP contribution is -2.00. The van der Waals surface area contributed by atoms with Crippen molar-refractivity contribution in [3.05, 3.63) is 40.4 Å². The van der Waals surface area contributed by atoms with Gasteiger partial charge in [0, 0.05) is 10.0 Å². The third-order valence-electron chi connectivity index (χ3n) is 2.40. The van der Waals surface area contributed by atoms with Gasteiger partial charge in [-0.2, -0.15) is 0 Å². The highest BCUT2D eigenvalue weighted by Gasteiger charge is 2.13. The maximum atomic E-state index is 10.0. The predicted octanol–water partition coefficient (Wildman–Crippen LogP) is 3.85. The van der Waals surface area contributed by atoms with Crippen LogP contribution in [0, 0.1) is 0 Å². The molecule has 0 saturated heterocycles. The zero-order chi connectivity index (χ0) is 12.1. The summed E-state index contributed by atoms with van der Waals surface area (Å²) in [7, 11) is 1.61. The van der Waals surface area contributed by atoms with Crippen molar-refractivity contribution in [2.75, 3.05) is 7.11 Å². The topological polar surface area (TPSA) is 29.5 Å². The Bertz CT molecular complexity index is 374. The van der Waals surface area contributed by atoms with Gasteiger partial charge < -0.3 is 9.84 Å². The summed E-state index contributed by atoms with van der Waals surface area (Å²) in [5.74, 6) is 0.712. The monoisotopic (exact) mass is 284 g/mol. The summed E-state index contributed by atoms with van der Waals surface area (Å²) < 4.78 is 6.19. The van der Waals surface area contributed by atoms with Gasteiger partial charge in [-0.25, -0.2) is 0 Å². The van der Waals surface area contributed by atoms with E-state index in [1.807, 2.05) is 25.1 Å². The molecule has 0 radical (unpaired) electrons. The molecule has 0 spiro atoms. The third-order valence-corrected chi connectivity index (χ3v) is 2.89. The minimum atomic E-state index is -0.500. The van der Waals surface area contributed by atoms with Crippen molar-refractivity contribution >= 4 is 15.9 Å². The molecule has 0 amide bonds. The minimum absolute atomic E-state index is 0.500. The van der Waals surface area contributed by atoms with Gasteiger partial charge in [-0.05, 0) is 31.9 Å². The second-order valence-electron chi connectivity index (χ2n) is 3.90. The van der Waals surface area contributed by atoms with Crippen LogP contribution in [0.25, 0.3) is 0 Å². The first-order chi connectivity index (χ1) is 7.54. The lowest BCUT2D eigenvalue weighted by atomic mass is 10.0. The zero-order valence-corrected chi connectivity index (χ0v) is 11.3. The van der Waals surface area contributed by atoms with Crippen LogP contribution in [0.3, 0.4) is 0 Å². The van der Waals surface area contributed by atoms with Crippen molar-refractivity contribution in [1.82, 2.24) is 0 Å². The molecule has 0 fully saturated rings. The van der Waals surface area contributed by atoms with E-state index < -0.39 is 6.10 Å². The molecule has 0 aliphatic heterocycles. The zero-order valence-electron chi connectivity index (χ0n) is 9.66. The molecular weight excluding hydrogens is 268 g/mol. The average molecular weight is 285 g/mol. The Morgan fingerprint density at radius 2 is 2.25 bits per heavy atom. The van der Waals surface area contributed by atoms with Gasteiger partial charge in [0.05, 0.1) is 13.2 Å². The van der Waals surface area contributed by atoms with E-state index in [-0.39, 0.29) is 0 Å². The molecule has 1 atom stereocenters. The number of hydrogen-bond donors (Lipinski definition) is 1. The summed E-state index contributed by atoms with van der Waals surface area (Å²) >= 11 is 3.37. The summed E-state index contributed by atoms with van der Waals surface area (Å²) in [4.78, 5) is 0. The van der Waals surface area contributed by atoms with Gasteiger partial charge in [0.25, 0.3) is 0 Å². The van der Waals surface area contributed by atoms with Crippen molar-refractivity contribution in [2.45, 2.75) is 25.9 Å². The normalized spacial score (nSPS) is 12.2. The van der Waals surface area contributed by atoms with Gasteiger partial charge in [-0.1, -0.05) is 27.6 Å². The van der Waals surface area contributed by atoms with Crippen LogP contribution in [0.4, 0.5) is 0 Å². The van der Waals surface area contributed by atoms with E-state index >= 15 is 0 Å². The van der Waals surface area contributed by atoms with Crippen LogP contribution >= 0.6 is 15.9 Å². The number of aliphatic hydroxyl groups excluding tert-OH is 1. The van der Waals surface area contributed by atoms with Crippen LogP contribution in [-0.4, -0.2) is 12.2 Å². The molecule has 0 heterocycles. The van der Waals surface area contributed by atoms with E-state index in [9.17, 15) is 5.11 Å². The van der Waals surface area contributed by atoms with Gasteiger partial charge in [0.15, 0.2) is 0 Å². The van der Waals surface area contributed by atoms with Crippen LogP contribution in [0.2, 0.25) is 0 Å². The van der Waals surface area contributed by atoms with Crippen molar-refractivity contribution in [1.29, 1.82) is 0 Å². The summed E-state index contributed by atoms with van der Waals surface area (Å²) in [5.41, 5.74) is 1.90.